The van der Waals surface area contributed by atoms with Crippen LogP contribution < -0.4 is 0 Å². The third-order valence-electron chi connectivity index (χ3n) is 3.64. The van der Waals surface area contributed by atoms with E-state index in [9.17, 15) is 0 Å². The molecule has 0 radical (unpaired) electrons. The zero-order chi connectivity index (χ0) is 13.9. The van der Waals surface area contributed by atoms with Gasteiger partial charge in [0, 0.05) is 5.39 Å². The van der Waals surface area contributed by atoms with Gasteiger partial charge in [0.1, 0.15) is 0 Å². The summed E-state index contributed by atoms with van der Waals surface area (Å²) in [6.07, 6.45) is 2.11. The van der Waals surface area contributed by atoms with Crippen LogP contribution in [-0.4, -0.2) is 9.78 Å². The van der Waals surface area contributed by atoms with Crippen molar-refractivity contribution in [2.75, 3.05) is 0 Å². The Morgan fingerprint density at radius 3 is 2.50 bits per heavy atom. The molecule has 0 saturated heterocycles. The smallest absolute Gasteiger partial charge is 0.0955 e. The first-order valence-electron chi connectivity index (χ1n) is 6.92. The molecule has 0 aliphatic heterocycles. The second-order valence-corrected chi connectivity index (χ2v) is 4.98. The standard InChI is InChI=1S/C18H18N2/c1-3-14(2)18-16-11-7-8-12-17(16)20(19-18)13-15-9-5-4-6-10-15/h3-12H,13H2,1-2H3/b14-3+. The molecule has 0 amide bonds. The molecular formula is C18H18N2. The molecule has 0 fully saturated rings. The van der Waals surface area contributed by atoms with Gasteiger partial charge in [-0.15, -0.1) is 0 Å². The number of allylic oxidation sites excluding steroid dienone is 2. The van der Waals surface area contributed by atoms with Gasteiger partial charge < -0.3 is 0 Å². The lowest BCUT2D eigenvalue weighted by molar-refractivity contribution is 0.708. The maximum absolute atomic E-state index is 4.80. The number of rotatable bonds is 3. The first-order valence-corrected chi connectivity index (χ1v) is 6.92. The van der Waals surface area contributed by atoms with Crippen LogP contribution in [0.15, 0.2) is 60.7 Å². The van der Waals surface area contributed by atoms with E-state index in [1.807, 2.05) is 6.07 Å². The molecule has 2 aromatic carbocycles. The molecule has 0 bridgehead atoms. The van der Waals surface area contributed by atoms with Crippen LogP contribution in [0.25, 0.3) is 16.5 Å². The summed E-state index contributed by atoms with van der Waals surface area (Å²) in [5.74, 6) is 0. The van der Waals surface area contributed by atoms with Crippen LogP contribution in [0.4, 0.5) is 0 Å². The monoisotopic (exact) mass is 262 g/mol. The lowest BCUT2D eigenvalue weighted by atomic mass is 10.1. The van der Waals surface area contributed by atoms with Crippen molar-refractivity contribution in [3.63, 3.8) is 0 Å². The fourth-order valence-corrected chi connectivity index (χ4v) is 2.43. The zero-order valence-electron chi connectivity index (χ0n) is 11.9. The Morgan fingerprint density at radius 1 is 1.05 bits per heavy atom. The molecule has 2 nitrogen and oxygen atoms in total. The molecule has 20 heavy (non-hydrogen) atoms. The molecule has 2 heteroatoms. The predicted molar refractivity (Wildman–Crippen MR) is 84.6 cm³/mol. The summed E-state index contributed by atoms with van der Waals surface area (Å²) in [5, 5.41) is 6.03. The van der Waals surface area contributed by atoms with Crippen LogP contribution in [0.5, 0.6) is 0 Å². The van der Waals surface area contributed by atoms with Gasteiger partial charge in [0.2, 0.25) is 0 Å². The lowest BCUT2D eigenvalue weighted by Crippen LogP contribution is -2.01. The quantitative estimate of drug-likeness (QED) is 0.679. The van der Waals surface area contributed by atoms with E-state index in [0.717, 1.165) is 12.2 Å². The normalized spacial score (nSPS) is 12.0. The van der Waals surface area contributed by atoms with Crippen LogP contribution in [-0.2, 0) is 6.54 Å². The molecule has 0 aliphatic rings. The molecule has 0 aliphatic carbocycles. The van der Waals surface area contributed by atoms with Crippen LogP contribution in [0.2, 0.25) is 0 Å². The fraction of sp³-hybridized carbons (Fsp3) is 0.167. The summed E-state index contributed by atoms with van der Waals surface area (Å²) in [5.41, 5.74) is 4.75. The first kappa shape index (κ1) is 12.7. The third kappa shape index (κ3) is 2.25. The number of nitrogens with zero attached hydrogens (tertiary/aromatic N) is 2. The highest BCUT2D eigenvalue weighted by molar-refractivity contribution is 5.90. The number of benzene rings is 2. The SMILES string of the molecule is C/C=C(\C)c1nn(Cc2ccccc2)c2ccccc12. The Morgan fingerprint density at radius 2 is 1.75 bits per heavy atom. The highest BCUT2D eigenvalue weighted by Gasteiger charge is 2.10. The van der Waals surface area contributed by atoms with Crippen LogP contribution in [0.3, 0.4) is 0 Å². The summed E-state index contributed by atoms with van der Waals surface area (Å²) >= 11 is 0. The van der Waals surface area contributed by atoms with Crippen molar-refractivity contribution < 1.29 is 0 Å². The van der Waals surface area contributed by atoms with Crippen LogP contribution in [0.1, 0.15) is 25.1 Å². The molecule has 0 spiro atoms. The van der Waals surface area contributed by atoms with Crippen molar-refractivity contribution in [2.24, 2.45) is 0 Å². The molecule has 0 N–H and O–H groups in total. The Kier molecular flexibility index (Phi) is 3.38. The molecule has 100 valence electrons. The first-order chi connectivity index (χ1) is 9.79. The van der Waals surface area contributed by atoms with Gasteiger partial charge in [-0.2, -0.15) is 5.10 Å². The van der Waals surface area contributed by atoms with Gasteiger partial charge in [0.25, 0.3) is 0 Å². The second-order valence-electron chi connectivity index (χ2n) is 4.98. The summed E-state index contributed by atoms with van der Waals surface area (Å²) in [7, 11) is 0. The Labute approximate surface area is 119 Å². The van der Waals surface area contributed by atoms with Gasteiger partial charge in [-0.05, 0) is 31.1 Å². The summed E-state index contributed by atoms with van der Waals surface area (Å²) in [4.78, 5) is 0. The average Bonchev–Trinajstić information content (AvgIpc) is 2.87. The summed E-state index contributed by atoms with van der Waals surface area (Å²) < 4.78 is 2.09. The summed E-state index contributed by atoms with van der Waals surface area (Å²) in [6.45, 7) is 4.97. The molecule has 1 heterocycles. The van der Waals surface area contributed by atoms with Gasteiger partial charge in [-0.25, -0.2) is 0 Å². The van der Waals surface area contributed by atoms with E-state index < -0.39 is 0 Å². The van der Waals surface area contributed by atoms with Crippen molar-refractivity contribution in [2.45, 2.75) is 20.4 Å². The molecule has 1 aromatic heterocycles. The van der Waals surface area contributed by atoms with Crippen molar-refractivity contribution >= 4 is 16.5 Å². The van der Waals surface area contributed by atoms with Crippen LogP contribution in [0, 0.1) is 0 Å². The second kappa shape index (κ2) is 5.33. The van der Waals surface area contributed by atoms with Gasteiger partial charge in [0.15, 0.2) is 0 Å². The maximum Gasteiger partial charge on any atom is 0.0955 e. The highest BCUT2D eigenvalue weighted by atomic mass is 15.3. The zero-order valence-corrected chi connectivity index (χ0v) is 11.9. The minimum absolute atomic E-state index is 0.804. The van der Waals surface area contributed by atoms with Gasteiger partial charge in [-0.1, -0.05) is 54.6 Å². The van der Waals surface area contributed by atoms with Crippen molar-refractivity contribution in [3.05, 3.63) is 71.9 Å². The maximum atomic E-state index is 4.80. The van der Waals surface area contributed by atoms with E-state index in [1.54, 1.807) is 0 Å². The van der Waals surface area contributed by atoms with E-state index in [4.69, 9.17) is 5.10 Å². The van der Waals surface area contributed by atoms with E-state index in [0.29, 0.717) is 0 Å². The summed E-state index contributed by atoms with van der Waals surface area (Å²) in [6, 6.07) is 18.9. The van der Waals surface area contributed by atoms with E-state index in [1.165, 1.54) is 22.0 Å². The van der Waals surface area contributed by atoms with Crippen LogP contribution >= 0.6 is 0 Å². The van der Waals surface area contributed by atoms with Gasteiger partial charge in [0.05, 0.1) is 17.8 Å². The number of hydrogen-bond acceptors (Lipinski definition) is 1. The Bertz CT molecular complexity index is 751. The predicted octanol–water partition coefficient (Wildman–Crippen LogP) is 4.51. The number of para-hydroxylation sites is 1. The van der Waals surface area contributed by atoms with E-state index in [-0.39, 0.29) is 0 Å². The molecule has 3 aromatic rings. The third-order valence-corrected chi connectivity index (χ3v) is 3.64. The Hall–Kier alpha value is -2.35. The minimum Gasteiger partial charge on any atom is -0.260 e. The van der Waals surface area contributed by atoms with Gasteiger partial charge in [-0.3, -0.25) is 4.68 Å². The van der Waals surface area contributed by atoms with E-state index in [2.05, 4.69) is 73.1 Å². The average molecular weight is 262 g/mol. The largest absolute Gasteiger partial charge is 0.260 e. The van der Waals surface area contributed by atoms with Crippen molar-refractivity contribution in [1.82, 2.24) is 9.78 Å². The molecule has 3 rings (SSSR count). The number of aromatic nitrogens is 2. The minimum atomic E-state index is 0.804. The number of hydrogen-bond donors (Lipinski definition) is 0. The van der Waals surface area contributed by atoms with Crippen molar-refractivity contribution in [1.29, 1.82) is 0 Å². The molecule has 0 atom stereocenters. The topological polar surface area (TPSA) is 17.8 Å². The molecule has 0 saturated carbocycles. The molecular weight excluding hydrogens is 244 g/mol. The molecule has 0 unspecified atom stereocenters. The number of fused-ring (bicyclic) bond motifs is 1. The van der Waals surface area contributed by atoms with E-state index >= 15 is 0 Å². The Balaban J connectivity index is 2.12. The highest BCUT2D eigenvalue weighted by Crippen LogP contribution is 2.24. The van der Waals surface area contributed by atoms with Crippen molar-refractivity contribution in [3.8, 4) is 0 Å². The lowest BCUT2D eigenvalue weighted by Gasteiger charge is -2.03. The fourth-order valence-electron chi connectivity index (χ4n) is 2.43. The van der Waals surface area contributed by atoms with Gasteiger partial charge >= 0.3 is 0 Å².